The number of benzene rings is 1. The maximum absolute atomic E-state index is 12.3. The van der Waals surface area contributed by atoms with Gasteiger partial charge in [0.2, 0.25) is 5.91 Å². The summed E-state index contributed by atoms with van der Waals surface area (Å²) in [5, 5.41) is 3.69. The molecular weight excluding hydrogens is 300 g/mol. The normalized spacial score (nSPS) is 13.9. The quantitative estimate of drug-likeness (QED) is 0.623. The number of hydrogen-bond donors (Lipinski definition) is 0. The van der Waals surface area contributed by atoms with E-state index in [1.54, 1.807) is 37.3 Å². The third-order valence-electron chi connectivity index (χ3n) is 3.48. The Labute approximate surface area is 131 Å². The molecular formula is C16H14N2O5. The Morgan fingerprint density at radius 1 is 1.35 bits per heavy atom. The maximum Gasteiger partial charge on any atom is 0.326 e. The number of ether oxygens (including phenoxy) is 1. The zero-order valence-corrected chi connectivity index (χ0v) is 12.4. The second kappa shape index (κ2) is 6.04. The number of carbonyl (C=O) groups excluding carboxylic acids is 3. The van der Waals surface area contributed by atoms with Gasteiger partial charge in [-0.3, -0.25) is 19.3 Å². The van der Waals surface area contributed by atoms with Crippen LogP contribution in [0.25, 0.3) is 0 Å². The molecule has 118 valence electrons. The summed E-state index contributed by atoms with van der Waals surface area (Å²) in [6.07, 6.45) is 0.0949. The minimum atomic E-state index is -0.674. The van der Waals surface area contributed by atoms with Gasteiger partial charge in [0.15, 0.2) is 0 Å². The van der Waals surface area contributed by atoms with Crippen molar-refractivity contribution in [3.63, 3.8) is 0 Å². The van der Waals surface area contributed by atoms with Gasteiger partial charge in [0, 0.05) is 11.6 Å². The minimum absolute atomic E-state index is 0.0665. The average molecular weight is 314 g/mol. The predicted octanol–water partition coefficient (Wildman–Crippen LogP) is 1.25. The number of amides is 2. The van der Waals surface area contributed by atoms with Gasteiger partial charge in [-0.15, -0.1) is 0 Å². The Balaban J connectivity index is 1.64. The average Bonchev–Trinajstić information content (AvgIpc) is 2.95. The Bertz CT molecular complexity index is 780. The first-order chi connectivity index (χ1) is 11.0. The number of aromatic nitrogens is 1. The predicted molar refractivity (Wildman–Crippen MR) is 77.2 cm³/mol. The number of carbonyl (C=O) groups is 3. The van der Waals surface area contributed by atoms with E-state index in [0.717, 1.165) is 4.90 Å². The number of rotatable bonds is 4. The van der Waals surface area contributed by atoms with Crippen molar-refractivity contribution in [1.82, 2.24) is 10.1 Å². The molecule has 1 aliphatic heterocycles. The van der Waals surface area contributed by atoms with Crippen molar-refractivity contribution in [1.29, 1.82) is 0 Å². The highest BCUT2D eigenvalue weighted by molar-refractivity contribution is 6.11. The molecule has 7 heteroatoms. The Hall–Kier alpha value is -2.96. The molecule has 1 aromatic heterocycles. The van der Waals surface area contributed by atoms with Gasteiger partial charge in [-0.25, -0.2) is 0 Å². The lowest BCUT2D eigenvalue weighted by Gasteiger charge is -2.25. The van der Waals surface area contributed by atoms with Crippen LogP contribution in [0.3, 0.4) is 0 Å². The van der Waals surface area contributed by atoms with E-state index in [1.807, 2.05) is 0 Å². The van der Waals surface area contributed by atoms with E-state index in [9.17, 15) is 14.4 Å². The van der Waals surface area contributed by atoms with Gasteiger partial charge < -0.3 is 9.26 Å². The van der Waals surface area contributed by atoms with Crippen LogP contribution in [0.4, 0.5) is 0 Å². The van der Waals surface area contributed by atoms with Gasteiger partial charge in [0.1, 0.15) is 24.6 Å². The molecule has 2 heterocycles. The number of esters is 1. The van der Waals surface area contributed by atoms with E-state index in [-0.39, 0.29) is 13.0 Å². The van der Waals surface area contributed by atoms with Crippen LogP contribution in [0.15, 0.2) is 34.9 Å². The summed E-state index contributed by atoms with van der Waals surface area (Å²) >= 11 is 0. The number of hydrogen-bond acceptors (Lipinski definition) is 6. The van der Waals surface area contributed by atoms with E-state index in [1.165, 1.54) is 0 Å². The fourth-order valence-electron chi connectivity index (χ4n) is 2.38. The molecule has 2 aromatic rings. The van der Waals surface area contributed by atoms with Crippen molar-refractivity contribution >= 4 is 17.8 Å². The molecule has 1 aliphatic rings. The van der Waals surface area contributed by atoms with Crippen molar-refractivity contribution in [3.8, 4) is 0 Å². The number of fused-ring (bicyclic) bond motifs is 1. The molecule has 2 amide bonds. The van der Waals surface area contributed by atoms with Crippen molar-refractivity contribution in [3.05, 3.63) is 52.9 Å². The summed E-state index contributed by atoms with van der Waals surface area (Å²) in [7, 11) is 0. The van der Waals surface area contributed by atoms with Crippen LogP contribution in [0, 0.1) is 6.92 Å². The molecule has 0 radical (unpaired) electrons. The number of nitrogens with zero attached hydrogens (tertiary/aromatic N) is 2. The molecule has 23 heavy (non-hydrogen) atoms. The lowest BCUT2D eigenvalue weighted by Crippen LogP contribution is -2.45. The first kappa shape index (κ1) is 15.0. The second-order valence-corrected chi connectivity index (χ2v) is 5.21. The van der Waals surface area contributed by atoms with Gasteiger partial charge in [-0.05, 0) is 18.6 Å². The molecule has 0 saturated carbocycles. The number of aryl methyl sites for hydroxylation is 1. The van der Waals surface area contributed by atoms with Crippen LogP contribution >= 0.6 is 0 Å². The van der Waals surface area contributed by atoms with E-state index in [4.69, 9.17) is 9.26 Å². The molecule has 0 saturated heterocycles. The van der Waals surface area contributed by atoms with Crippen molar-refractivity contribution in [2.45, 2.75) is 20.0 Å². The van der Waals surface area contributed by atoms with Crippen LogP contribution in [-0.4, -0.2) is 34.4 Å². The number of imide groups is 1. The zero-order chi connectivity index (χ0) is 16.4. The largest absolute Gasteiger partial charge is 0.458 e. The van der Waals surface area contributed by atoms with Gasteiger partial charge in [-0.1, -0.05) is 23.4 Å². The smallest absolute Gasteiger partial charge is 0.326 e. The molecule has 0 bridgehead atoms. The van der Waals surface area contributed by atoms with E-state index in [2.05, 4.69) is 5.16 Å². The zero-order valence-electron chi connectivity index (χ0n) is 12.4. The third-order valence-corrected chi connectivity index (χ3v) is 3.48. The van der Waals surface area contributed by atoms with Gasteiger partial charge in [-0.2, -0.15) is 0 Å². The van der Waals surface area contributed by atoms with E-state index < -0.39 is 24.3 Å². The minimum Gasteiger partial charge on any atom is -0.458 e. The molecule has 0 aliphatic carbocycles. The van der Waals surface area contributed by atoms with Gasteiger partial charge in [0.25, 0.3) is 5.91 Å². The maximum atomic E-state index is 12.3. The van der Waals surface area contributed by atoms with E-state index >= 15 is 0 Å². The SMILES string of the molecule is Cc1cc(COC(=O)CN2C(=O)Cc3ccccc3C2=O)no1. The fraction of sp³-hybridized carbons (Fsp3) is 0.250. The van der Waals surface area contributed by atoms with Crippen LogP contribution in [0.1, 0.15) is 27.4 Å². The van der Waals surface area contributed by atoms with Crippen LogP contribution in [0.5, 0.6) is 0 Å². The van der Waals surface area contributed by atoms with Crippen molar-refractivity contribution in [2.75, 3.05) is 6.54 Å². The topological polar surface area (TPSA) is 89.7 Å². The van der Waals surface area contributed by atoms with Crippen LogP contribution in [0.2, 0.25) is 0 Å². The van der Waals surface area contributed by atoms with Crippen molar-refractivity contribution < 1.29 is 23.6 Å². The summed E-state index contributed by atoms with van der Waals surface area (Å²) in [5.74, 6) is -0.963. The first-order valence-corrected chi connectivity index (χ1v) is 7.05. The monoisotopic (exact) mass is 314 g/mol. The Kier molecular flexibility index (Phi) is 3.92. The molecule has 3 rings (SSSR count). The third kappa shape index (κ3) is 3.13. The van der Waals surface area contributed by atoms with Crippen molar-refractivity contribution in [2.24, 2.45) is 0 Å². The van der Waals surface area contributed by atoms with Gasteiger partial charge in [0.05, 0.1) is 6.42 Å². The Morgan fingerprint density at radius 3 is 2.87 bits per heavy atom. The molecule has 7 nitrogen and oxygen atoms in total. The highest BCUT2D eigenvalue weighted by Gasteiger charge is 2.32. The highest BCUT2D eigenvalue weighted by Crippen LogP contribution is 2.19. The van der Waals surface area contributed by atoms with Crippen LogP contribution < -0.4 is 0 Å². The lowest BCUT2D eigenvalue weighted by atomic mass is 9.98. The standard InChI is InChI=1S/C16H14N2O5/c1-10-6-12(17-23-10)9-22-15(20)8-18-14(19)7-11-4-2-3-5-13(11)16(18)21/h2-6H,7-9H2,1H3. The Morgan fingerprint density at radius 2 is 2.13 bits per heavy atom. The fourth-order valence-corrected chi connectivity index (χ4v) is 2.38. The summed E-state index contributed by atoms with van der Waals surface area (Å²) in [6.45, 7) is 1.24. The second-order valence-electron chi connectivity index (χ2n) is 5.21. The molecule has 0 spiro atoms. The highest BCUT2D eigenvalue weighted by atomic mass is 16.5. The van der Waals surface area contributed by atoms with E-state index in [0.29, 0.717) is 22.6 Å². The first-order valence-electron chi connectivity index (χ1n) is 7.05. The summed E-state index contributed by atoms with van der Waals surface area (Å²) in [5.41, 5.74) is 1.58. The summed E-state index contributed by atoms with van der Waals surface area (Å²) in [4.78, 5) is 37.1. The molecule has 0 unspecified atom stereocenters. The summed E-state index contributed by atoms with van der Waals surface area (Å²) < 4.78 is 9.88. The van der Waals surface area contributed by atoms with Crippen LogP contribution in [-0.2, 0) is 27.4 Å². The molecule has 0 fully saturated rings. The van der Waals surface area contributed by atoms with Gasteiger partial charge >= 0.3 is 5.97 Å². The molecule has 0 N–H and O–H groups in total. The lowest BCUT2D eigenvalue weighted by molar-refractivity contribution is -0.149. The summed E-state index contributed by atoms with van der Waals surface area (Å²) in [6, 6.07) is 8.49. The molecule has 0 atom stereocenters. The molecule has 1 aromatic carbocycles.